The second kappa shape index (κ2) is 6.19. The molecule has 2 rings (SSSR count). The zero-order valence-electron chi connectivity index (χ0n) is 11.2. The van der Waals surface area contributed by atoms with Crippen molar-refractivity contribution in [2.24, 2.45) is 0 Å². The summed E-state index contributed by atoms with van der Waals surface area (Å²) < 4.78 is 0. The first-order chi connectivity index (χ1) is 9.49. The zero-order chi connectivity index (χ0) is 14.7. The molecule has 0 spiro atoms. The zero-order valence-corrected chi connectivity index (χ0v) is 12.0. The van der Waals surface area contributed by atoms with Gasteiger partial charge in [0.05, 0.1) is 4.92 Å². The molecule has 1 amide bonds. The van der Waals surface area contributed by atoms with Gasteiger partial charge in [-0.05, 0) is 32.1 Å². The minimum absolute atomic E-state index is 0.0954. The Morgan fingerprint density at radius 2 is 2.05 bits per heavy atom. The summed E-state index contributed by atoms with van der Waals surface area (Å²) in [6, 6.07) is 4.40. The Bertz CT molecular complexity index is 536. The highest BCUT2D eigenvalue weighted by molar-refractivity contribution is 6.31. The van der Waals surface area contributed by atoms with Gasteiger partial charge in [0.25, 0.3) is 5.69 Å². The highest BCUT2D eigenvalue weighted by atomic mass is 35.5. The van der Waals surface area contributed by atoms with Crippen molar-refractivity contribution in [3.63, 3.8) is 0 Å². The number of amides is 1. The van der Waals surface area contributed by atoms with Crippen molar-refractivity contribution in [2.75, 3.05) is 31.6 Å². The summed E-state index contributed by atoms with van der Waals surface area (Å²) in [5.41, 5.74) is 0.203. The van der Waals surface area contributed by atoms with Crippen molar-refractivity contribution < 1.29 is 9.72 Å². The highest BCUT2D eigenvalue weighted by Gasteiger charge is 2.25. The number of hydrogen-bond acceptors (Lipinski definition) is 4. The fraction of sp³-hybridized carbons (Fsp3) is 0.462. The molecule has 6 nitrogen and oxygen atoms in total. The van der Waals surface area contributed by atoms with E-state index in [4.69, 9.17) is 11.6 Å². The van der Waals surface area contributed by atoms with Gasteiger partial charge in [-0.2, -0.15) is 0 Å². The topological polar surface area (TPSA) is 66.7 Å². The third kappa shape index (κ3) is 3.26. The summed E-state index contributed by atoms with van der Waals surface area (Å²) in [5, 5.41) is 11.4. The van der Waals surface area contributed by atoms with Crippen molar-refractivity contribution in [1.29, 1.82) is 0 Å². The number of nitrogens with zero attached hydrogens (tertiary/aromatic N) is 3. The fourth-order valence-electron chi connectivity index (χ4n) is 2.28. The van der Waals surface area contributed by atoms with Gasteiger partial charge in [0, 0.05) is 30.6 Å². The van der Waals surface area contributed by atoms with Crippen molar-refractivity contribution in [3.05, 3.63) is 33.3 Å². The number of carbonyl (C=O) groups excluding carboxylic acids is 1. The lowest BCUT2D eigenvalue weighted by molar-refractivity contribution is -0.384. The van der Waals surface area contributed by atoms with Gasteiger partial charge in [-0.1, -0.05) is 11.6 Å². The van der Waals surface area contributed by atoms with Crippen LogP contribution in [-0.2, 0) is 4.79 Å². The molecule has 0 N–H and O–H groups in total. The molecule has 0 aliphatic carbocycles. The Labute approximate surface area is 122 Å². The normalized spacial score (nSPS) is 17.7. The van der Waals surface area contributed by atoms with Crippen LogP contribution in [0.2, 0.25) is 5.02 Å². The molecule has 1 aromatic carbocycles. The summed E-state index contributed by atoms with van der Waals surface area (Å²) in [6.45, 7) is 2.01. The first-order valence-electron chi connectivity index (χ1n) is 6.42. The van der Waals surface area contributed by atoms with Gasteiger partial charge in [-0.3, -0.25) is 14.9 Å². The monoisotopic (exact) mass is 297 g/mol. The smallest absolute Gasteiger partial charge is 0.294 e. The Morgan fingerprint density at radius 1 is 1.30 bits per heavy atom. The summed E-state index contributed by atoms with van der Waals surface area (Å²) in [5.74, 6) is -0.0954. The van der Waals surface area contributed by atoms with E-state index >= 15 is 0 Å². The van der Waals surface area contributed by atoms with Crippen LogP contribution in [0.25, 0.3) is 0 Å². The van der Waals surface area contributed by atoms with Crippen LogP contribution >= 0.6 is 11.6 Å². The molecule has 1 heterocycles. The molecule has 0 atom stereocenters. The molecular weight excluding hydrogens is 282 g/mol. The standard InChI is InChI=1S/C13H16ClN3O3/c1-15-6-2-7-16(13(18)5-8-15)11-4-3-10(14)9-12(11)17(19)20/h3-4,9H,2,5-8H2,1H3. The molecule has 0 unspecified atom stereocenters. The summed E-state index contributed by atoms with van der Waals surface area (Å²) in [7, 11) is 1.97. The average molecular weight is 298 g/mol. The van der Waals surface area contributed by atoms with Gasteiger partial charge in [0.2, 0.25) is 5.91 Å². The minimum Gasteiger partial charge on any atom is -0.306 e. The molecule has 0 bridgehead atoms. The van der Waals surface area contributed by atoms with E-state index in [0.29, 0.717) is 30.2 Å². The largest absolute Gasteiger partial charge is 0.306 e. The summed E-state index contributed by atoms with van der Waals surface area (Å²) in [4.78, 5) is 26.4. The molecule has 108 valence electrons. The van der Waals surface area contributed by atoms with Crippen molar-refractivity contribution in [2.45, 2.75) is 12.8 Å². The molecular formula is C13H16ClN3O3. The first kappa shape index (κ1) is 14.7. The lowest BCUT2D eigenvalue weighted by Crippen LogP contribution is -2.39. The third-order valence-corrected chi connectivity index (χ3v) is 3.59. The van der Waals surface area contributed by atoms with Crippen LogP contribution in [0.3, 0.4) is 0 Å². The molecule has 1 aliphatic heterocycles. The molecule has 1 fully saturated rings. The van der Waals surface area contributed by atoms with Gasteiger partial charge in [-0.25, -0.2) is 0 Å². The maximum atomic E-state index is 12.2. The number of anilines is 1. The molecule has 1 saturated heterocycles. The SMILES string of the molecule is CN1CCCN(c2ccc(Cl)cc2[N+](=O)[O-])C(=O)CC1. The average Bonchev–Trinajstić information content (AvgIpc) is 2.39. The van der Waals surface area contributed by atoms with E-state index < -0.39 is 4.92 Å². The molecule has 0 aromatic heterocycles. The molecule has 1 aliphatic rings. The number of halogens is 1. The molecule has 7 heteroatoms. The quantitative estimate of drug-likeness (QED) is 0.620. The number of hydrogen-bond donors (Lipinski definition) is 0. The lowest BCUT2D eigenvalue weighted by atomic mass is 10.2. The molecule has 0 saturated carbocycles. The van der Waals surface area contributed by atoms with Gasteiger partial charge >= 0.3 is 0 Å². The first-order valence-corrected chi connectivity index (χ1v) is 6.79. The Morgan fingerprint density at radius 3 is 2.75 bits per heavy atom. The number of rotatable bonds is 2. The van der Waals surface area contributed by atoms with E-state index in [9.17, 15) is 14.9 Å². The lowest BCUT2D eigenvalue weighted by Gasteiger charge is -2.28. The molecule has 0 radical (unpaired) electrons. The highest BCUT2D eigenvalue weighted by Crippen LogP contribution is 2.32. The van der Waals surface area contributed by atoms with Gasteiger partial charge < -0.3 is 9.80 Å². The van der Waals surface area contributed by atoms with E-state index in [-0.39, 0.29) is 11.6 Å². The second-order valence-corrected chi connectivity index (χ2v) is 5.28. The Hall–Kier alpha value is -1.66. The third-order valence-electron chi connectivity index (χ3n) is 3.35. The number of carbonyl (C=O) groups is 1. The van der Waals surface area contributed by atoms with Gasteiger partial charge in [0.15, 0.2) is 0 Å². The summed E-state index contributed by atoms with van der Waals surface area (Å²) in [6.07, 6.45) is 1.14. The maximum Gasteiger partial charge on any atom is 0.294 e. The van der Waals surface area contributed by atoms with Crippen LogP contribution in [0.5, 0.6) is 0 Å². The van der Waals surface area contributed by atoms with Crippen molar-refractivity contribution >= 4 is 28.9 Å². The van der Waals surface area contributed by atoms with Crippen LogP contribution in [0.1, 0.15) is 12.8 Å². The van der Waals surface area contributed by atoms with E-state index in [2.05, 4.69) is 4.90 Å². The van der Waals surface area contributed by atoms with E-state index in [1.165, 1.54) is 11.0 Å². The van der Waals surface area contributed by atoms with Gasteiger partial charge in [-0.15, -0.1) is 0 Å². The van der Waals surface area contributed by atoms with Gasteiger partial charge in [0.1, 0.15) is 5.69 Å². The van der Waals surface area contributed by atoms with Crippen molar-refractivity contribution in [1.82, 2.24) is 4.90 Å². The van der Waals surface area contributed by atoms with Crippen LogP contribution in [0.4, 0.5) is 11.4 Å². The van der Waals surface area contributed by atoms with Crippen molar-refractivity contribution in [3.8, 4) is 0 Å². The predicted octanol–water partition coefficient (Wildman–Crippen LogP) is 2.31. The molecule has 1 aromatic rings. The van der Waals surface area contributed by atoms with E-state index in [1.54, 1.807) is 12.1 Å². The van der Waals surface area contributed by atoms with Crippen LogP contribution in [0.15, 0.2) is 18.2 Å². The van der Waals surface area contributed by atoms with E-state index in [0.717, 1.165) is 13.0 Å². The number of nitro benzene ring substituents is 1. The predicted molar refractivity (Wildman–Crippen MR) is 77.2 cm³/mol. The van der Waals surface area contributed by atoms with Crippen LogP contribution in [0, 0.1) is 10.1 Å². The molecule has 20 heavy (non-hydrogen) atoms. The Balaban J connectivity index is 2.33. The number of nitro groups is 1. The van der Waals surface area contributed by atoms with Crippen LogP contribution in [-0.4, -0.2) is 42.4 Å². The van der Waals surface area contributed by atoms with E-state index in [1.807, 2.05) is 7.05 Å². The fourth-order valence-corrected chi connectivity index (χ4v) is 2.45. The minimum atomic E-state index is -0.501. The number of benzene rings is 1. The van der Waals surface area contributed by atoms with Crippen LogP contribution < -0.4 is 4.90 Å². The summed E-state index contributed by atoms with van der Waals surface area (Å²) >= 11 is 5.80. The Kier molecular flexibility index (Phi) is 4.57. The maximum absolute atomic E-state index is 12.2. The second-order valence-electron chi connectivity index (χ2n) is 4.84.